The Morgan fingerprint density at radius 3 is 1.70 bits per heavy atom. The van der Waals surface area contributed by atoms with Crippen molar-refractivity contribution in [1.29, 1.82) is 0 Å². The number of benzene rings is 2. The standard InChI is InChI=1S/C22H25N5O5.BrH/c28-19-7-3-1-5-17(19)13-23-25-21(30)15-27(9-11-32-12-10-27)16-22(31)26-24-14-18-6-2-4-8-20(18)29;/h1-8,13-14H,9-12,15-16H2,(H3-,23,24,25,26,28,29,30,31);1H. The Kier molecular flexibility index (Phi) is 9.98. The summed E-state index contributed by atoms with van der Waals surface area (Å²) in [6.07, 6.45) is 2.72. The van der Waals surface area contributed by atoms with E-state index in [1.807, 2.05) is 0 Å². The van der Waals surface area contributed by atoms with Gasteiger partial charge in [0.2, 0.25) is 0 Å². The van der Waals surface area contributed by atoms with Crippen molar-refractivity contribution >= 4 is 24.2 Å². The number of hydrogen-bond acceptors (Lipinski definition) is 7. The summed E-state index contributed by atoms with van der Waals surface area (Å²) in [5, 5.41) is 27.3. The molecule has 1 fully saturated rings. The zero-order valence-corrected chi connectivity index (χ0v) is 19.4. The van der Waals surface area contributed by atoms with Gasteiger partial charge in [-0.15, -0.1) is 0 Å². The first-order valence-electron chi connectivity index (χ1n) is 10.1. The van der Waals surface area contributed by atoms with Crippen molar-refractivity contribution < 1.29 is 46.0 Å². The molecule has 3 rings (SSSR count). The van der Waals surface area contributed by atoms with E-state index in [4.69, 9.17) is 4.74 Å². The Labute approximate surface area is 201 Å². The number of aromatic hydroxyl groups is 2. The molecule has 11 heteroatoms. The van der Waals surface area contributed by atoms with E-state index >= 15 is 0 Å². The summed E-state index contributed by atoms with van der Waals surface area (Å²) in [5.74, 6) is -0.598. The molecule has 1 heterocycles. The van der Waals surface area contributed by atoms with Crippen molar-refractivity contribution in [2.24, 2.45) is 10.2 Å². The highest BCUT2D eigenvalue weighted by Crippen LogP contribution is 2.14. The van der Waals surface area contributed by atoms with E-state index in [-0.39, 0.29) is 57.9 Å². The lowest BCUT2D eigenvalue weighted by Crippen LogP contribution is -3.00. The molecule has 176 valence electrons. The smallest absolute Gasteiger partial charge is 0.295 e. The molecule has 2 aromatic carbocycles. The van der Waals surface area contributed by atoms with Gasteiger partial charge in [-0.3, -0.25) is 9.59 Å². The summed E-state index contributed by atoms with van der Waals surface area (Å²) in [5.41, 5.74) is 5.85. The molecular formula is C22H26BrN5O5. The Morgan fingerprint density at radius 1 is 0.848 bits per heavy atom. The number of halogens is 1. The van der Waals surface area contributed by atoms with Gasteiger partial charge >= 0.3 is 0 Å². The summed E-state index contributed by atoms with van der Waals surface area (Å²) < 4.78 is 5.60. The molecule has 33 heavy (non-hydrogen) atoms. The lowest BCUT2D eigenvalue weighted by molar-refractivity contribution is -0.920. The van der Waals surface area contributed by atoms with Gasteiger partial charge in [0.25, 0.3) is 11.8 Å². The van der Waals surface area contributed by atoms with Crippen LogP contribution in [0.5, 0.6) is 11.5 Å². The zero-order chi connectivity index (χ0) is 22.8. The minimum atomic E-state index is -0.357. The average Bonchev–Trinajstić information content (AvgIpc) is 2.77. The van der Waals surface area contributed by atoms with Crippen LogP contribution in [-0.2, 0) is 14.3 Å². The minimum absolute atomic E-state index is 0. The number of nitrogens with one attached hydrogen (secondary N) is 2. The molecule has 0 radical (unpaired) electrons. The van der Waals surface area contributed by atoms with Crippen LogP contribution in [0.3, 0.4) is 0 Å². The van der Waals surface area contributed by atoms with Gasteiger partial charge in [-0.05, 0) is 24.3 Å². The number of morpholine rings is 1. The van der Waals surface area contributed by atoms with Gasteiger partial charge in [0.05, 0.1) is 25.6 Å². The van der Waals surface area contributed by atoms with E-state index in [9.17, 15) is 19.8 Å². The molecule has 0 aromatic heterocycles. The van der Waals surface area contributed by atoms with Gasteiger partial charge in [-0.1, -0.05) is 24.3 Å². The Bertz CT molecular complexity index is 935. The second-order valence-corrected chi connectivity index (χ2v) is 7.42. The first-order chi connectivity index (χ1) is 15.5. The van der Waals surface area contributed by atoms with Crippen LogP contribution in [0.4, 0.5) is 0 Å². The maximum atomic E-state index is 12.5. The predicted octanol–water partition coefficient (Wildman–Crippen LogP) is -2.45. The largest absolute Gasteiger partial charge is 1.00 e. The first kappa shape index (κ1) is 26.0. The number of carbonyl (C=O) groups excluding carboxylic acids is 2. The molecule has 2 aromatic rings. The number of hydrazone groups is 2. The molecule has 0 atom stereocenters. The quantitative estimate of drug-likeness (QED) is 0.174. The van der Waals surface area contributed by atoms with Gasteiger partial charge in [0.1, 0.15) is 24.6 Å². The molecule has 0 aliphatic carbocycles. The highest BCUT2D eigenvalue weighted by Gasteiger charge is 2.35. The minimum Gasteiger partial charge on any atom is -1.00 e. The van der Waals surface area contributed by atoms with Crippen LogP contribution in [-0.4, -0.2) is 78.3 Å². The van der Waals surface area contributed by atoms with Crippen molar-refractivity contribution in [1.82, 2.24) is 10.9 Å². The van der Waals surface area contributed by atoms with Crippen LogP contribution < -0.4 is 27.8 Å². The molecule has 1 aliphatic rings. The number of amides is 2. The molecule has 2 amide bonds. The lowest BCUT2D eigenvalue weighted by Gasteiger charge is -2.39. The lowest BCUT2D eigenvalue weighted by atomic mass is 10.2. The Hall–Kier alpha value is -3.28. The summed E-state index contributed by atoms with van der Waals surface area (Å²) >= 11 is 0. The van der Waals surface area contributed by atoms with E-state index in [1.54, 1.807) is 36.4 Å². The van der Waals surface area contributed by atoms with Crippen LogP contribution in [0.1, 0.15) is 11.1 Å². The van der Waals surface area contributed by atoms with Crippen LogP contribution in [0.2, 0.25) is 0 Å². The highest BCUT2D eigenvalue weighted by molar-refractivity contribution is 5.86. The molecule has 0 saturated carbocycles. The Balaban J connectivity index is 0.00000385. The summed E-state index contributed by atoms with van der Waals surface area (Å²) in [7, 11) is 0. The van der Waals surface area contributed by atoms with E-state index in [1.165, 1.54) is 24.6 Å². The molecule has 4 N–H and O–H groups in total. The topological polar surface area (TPSA) is 133 Å². The monoisotopic (exact) mass is 519 g/mol. The van der Waals surface area contributed by atoms with Crippen molar-refractivity contribution in [2.45, 2.75) is 0 Å². The molecule has 0 bridgehead atoms. The number of para-hydroxylation sites is 2. The van der Waals surface area contributed by atoms with Crippen molar-refractivity contribution in [3.63, 3.8) is 0 Å². The van der Waals surface area contributed by atoms with Gasteiger partial charge in [0.15, 0.2) is 13.1 Å². The number of carbonyl (C=O) groups is 2. The molecular weight excluding hydrogens is 494 g/mol. The maximum Gasteiger partial charge on any atom is 0.295 e. The number of rotatable bonds is 8. The molecule has 1 saturated heterocycles. The summed E-state index contributed by atoms with van der Waals surface area (Å²) in [6, 6.07) is 13.3. The third kappa shape index (κ3) is 7.97. The predicted molar refractivity (Wildman–Crippen MR) is 118 cm³/mol. The fourth-order valence-electron chi connectivity index (χ4n) is 3.32. The summed E-state index contributed by atoms with van der Waals surface area (Å²) in [4.78, 5) is 25.0. The molecule has 1 aliphatic heterocycles. The number of phenolic OH excluding ortho intramolecular Hbond substituents is 2. The van der Waals surface area contributed by atoms with Crippen molar-refractivity contribution in [3.8, 4) is 11.5 Å². The van der Waals surface area contributed by atoms with Crippen molar-refractivity contribution in [3.05, 3.63) is 59.7 Å². The van der Waals surface area contributed by atoms with Gasteiger partial charge in [-0.25, -0.2) is 10.9 Å². The fraction of sp³-hybridized carbons (Fsp3) is 0.273. The number of quaternary nitrogens is 1. The molecule has 10 nitrogen and oxygen atoms in total. The second kappa shape index (κ2) is 12.7. The second-order valence-electron chi connectivity index (χ2n) is 7.42. The van der Waals surface area contributed by atoms with Crippen LogP contribution >= 0.6 is 0 Å². The van der Waals surface area contributed by atoms with E-state index in [0.717, 1.165) is 0 Å². The third-order valence-corrected chi connectivity index (χ3v) is 5.04. The Morgan fingerprint density at radius 2 is 1.27 bits per heavy atom. The number of phenols is 2. The molecule has 0 spiro atoms. The van der Waals surface area contributed by atoms with E-state index < -0.39 is 0 Å². The van der Waals surface area contributed by atoms with Gasteiger partial charge in [-0.2, -0.15) is 10.2 Å². The average molecular weight is 520 g/mol. The highest BCUT2D eigenvalue weighted by atomic mass is 79.9. The third-order valence-electron chi connectivity index (χ3n) is 5.04. The van der Waals surface area contributed by atoms with Crippen molar-refractivity contribution in [2.75, 3.05) is 39.4 Å². The normalized spacial score (nSPS) is 15.2. The van der Waals surface area contributed by atoms with E-state index in [2.05, 4.69) is 21.1 Å². The summed E-state index contributed by atoms with van der Waals surface area (Å²) in [6.45, 7) is 1.93. The number of nitrogens with zero attached hydrogens (tertiary/aromatic N) is 3. The number of hydrogen-bond donors (Lipinski definition) is 4. The van der Waals surface area contributed by atoms with Crippen LogP contribution in [0, 0.1) is 0 Å². The van der Waals surface area contributed by atoms with Gasteiger partial charge in [0, 0.05) is 11.1 Å². The number of ether oxygens (including phenoxy) is 1. The van der Waals surface area contributed by atoms with E-state index in [0.29, 0.717) is 37.4 Å². The van der Waals surface area contributed by atoms with Crippen LogP contribution in [0.15, 0.2) is 58.7 Å². The molecule has 0 unspecified atom stereocenters. The first-order valence-corrected chi connectivity index (χ1v) is 10.1. The van der Waals surface area contributed by atoms with Crippen LogP contribution in [0.25, 0.3) is 0 Å². The maximum absolute atomic E-state index is 12.5. The fourth-order valence-corrected chi connectivity index (χ4v) is 3.32. The van der Waals surface area contributed by atoms with Gasteiger partial charge < -0.3 is 36.4 Å². The zero-order valence-electron chi connectivity index (χ0n) is 17.9. The SMILES string of the molecule is O=C(C[N+]1(CC(=O)N/N=C/c2ccccc2O)CCOCC1)N/N=C/c1ccccc1O.[Br-].